The maximum absolute atomic E-state index is 13.7. The predicted molar refractivity (Wildman–Crippen MR) is 89.8 cm³/mol. The van der Waals surface area contributed by atoms with Crippen LogP contribution in [0.25, 0.3) is 33.7 Å². The zero-order chi connectivity index (χ0) is 16.7. The van der Waals surface area contributed by atoms with E-state index in [1.807, 2.05) is 42.6 Å². The van der Waals surface area contributed by atoms with Gasteiger partial charge in [0, 0.05) is 23.0 Å². The summed E-state index contributed by atoms with van der Waals surface area (Å²) in [6.45, 7) is 0. The first-order valence-corrected chi connectivity index (χ1v) is 7.36. The summed E-state index contributed by atoms with van der Waals surface area (Å²) in [5.41, 5.74) is 8.92. The molecular weight excluding hydrogens is 307 g/mol. The van der Waals surface area contributed by atoms with E-state index >= 15 is 0 Å². The van der Waals surface area contributed by atoms with Crippen LogP contribution in [0.1, 0.15) is 10.4 Å². The highest BCUT2D eigenvalue weighted by Gasteiger charge is 2.16. The molecule has 4 rings (SSSR count). The topological polar surface area (TPSA) is 87.6 Å². The number of H-pyrrole nitrogens is 2. The average Bonchev–Trinajstić information content (AvgIpc) is 3.23. The second kappa shape index (κ2) is 5.34. The Kier molecular flexibility index (Phi) is 3.16. The molecular formula is C18H13FN4O. The van der Waals surface area contributed by atoms with Crippen molar-refractivity contribution in [2.75, 3.05) is 0 Å². The highest BCUT2D eigenvalue weighted by Crippen LogP contribution is 2.31. The van der Waals surface area contributed by atoms with Crippen molar-refractivity contribution in [2.24, 2.45) is 5.73 Å². The Morgan fingerprint density at radius 2 is 1.88 bits per heavy atom. The monoisotopic (exact) mass is 320 g/mol. The number of halogens is 1. The number of nitrogens with two attached hydrogens (primary N) is 1. The second-order valence-corrected chi connectivity index (χ2v) is 5.43. The highest BCUT2D eigenvalue weighted by molar-refractivity contribution is 6.04. The third-order valence-electron chi connectivity index (χ3n) is 3.89. The number of hydrogen-bond donors (Lipinski definition) is 3. The van der Waals surface area contributed by atoms with Crippen molar-refractivity contribution in [3.63, 3.8) is 0 Å². The molecule has 1 amide bonds. The molecule has 4 N–H and O–H groups in total. The molecule has 0 aliphatic carbocycles. The number of imidazole rings is 1. The minimum atomic E-state index is -0.713. The van der Waals surface area contributed by atoms with Gasteiger partial charge in [0.1, 0.15) is 17.2 Å². The molecule has 2 aromatic heterocycles. The van der Waals surface area contributed by atoms with Crippen molar-refractivity contribution >= 4 is 16.9 Å². The molecule has 24 heavy (non-hydrogen) atoms. The Bertz CT molecular complexity index is 1050. The molecule has 0 atom stereocenters. The van der Waals surface area contributed by atoms with E-state index in [1.165, 1.54) is 6.07 Å². The van der Waals surface area contributed by atoms with Gasteiger partial charge in [0.2, 0.25) is 0 Å². The van der Waals surface area contributed by atoms with Gasteiger partial charge in [-0.1, -0.05) is 24.3 Å². The zero-order valence-corrected chi connectivity index (χ0v) is 12.5. The molecule has 2 aromatic carbocycles. The Balaban J connectivity index is 1.96. The van der Waals surface area contributed by atoms with E-state index < -0.39 is 11.7 Å². The van der Waals surface area contributed by atoms with Crippen molar-refractivity contribution in [2.45, 2.75) is 0 Å². The molecule has 0 radical (unpaired) electrons. The number of nitrogens with one attached hydrogen (secondary N) is 2. The molecule has 0 saturated carbocycles. The fraction of sp³-hybridized carbons (Fsp3) is 0. The van der Waals surface area contributed by atoms with Crippen LogP contribution < -0.4 is 5.73 Å². The Morgan fingerprint density at radius 1 is 1.08 bits per heavy atom. The standard InChI is InChI=1S/C18H13FN4O/c19-10-8-13(17(20)24)16-15(9-10)22-18(23-16)12-5-2-1-4-11(12)14-6-3-7-21-14/h1-9,21H,(H2,20,24)(H,22,23). The van der Waals surface area contributed by atoms with E-state index in [2.05, 4.69) is 15.0 Å². The average molecular weight is 320 g/mol. The van der Waals surface area contributed by atoms with Gasteiger partial charge in [-0.05, 0) is 24.3 Å². The Labute approximate surface area is 136 Å². The number of aromatic amines is 2. The first-order chi connectivity index (χ1) is 11.6. The first kappa shape index (κ1) is 14.2. The molecule has 2 heterocycles. The number of nitrogens with zero attached hydrogens (tertiary/aromatic N) is 1. The van der Waals surface area contributed by atoms with Crippen LogP contribution in [0.2, 0.25) is 0 Å². The summed E-state index contributed by atoms with van der Waals surface area (Å²) in [4.78, 5) is 22.3. The molecule has 0 spiro atoms. The van der Waals surface area contributed by atoms with Crippen LogP contribution in [0, 0.1) is 5.82 Å². The first-order valence-electron chi connectivity index (χ1n) is 7.36. The van der Waals surface area contributed by atoms with Gasteiger partial charge in [0.25, 0.3) is 5.91 Å². The number of benzene rings is 2. The van der Waals surface area contributed by atoms with Crippen LogP contribution in [0.4, 0.5) is 4.39 Å². The minimum absolute atomic E-state index is 0.0601. The number of primary amides is 1. The zero-order valence-electron chi connectivity index (χ0n) is 12.5. The fourth-order valence-corrected chi connectivity index (χ4v) is 2.82. The number of carbonyl (C=O) groups excluding carboxylic acids is 1. The van der Waals surface area contributed by atoms with Gasteiger partial charge in [0.15, 0.2) is 0 Å². The number of rotatable bonds is 3. The van der Waals surface area contributed by atoms with Crippen LogP contribution in [-0.4, -0.2) is 20.9 Å². The van der Waals surface area contributed by atoms with Crippen molar-refractivity contribution in [3.8, 4) is 22.6 Å². The van der Waals surface area contributed by atoms with E-state index in [0.717, 1.165) is 22.9 Å². The van der Waals surface area contributed by atoms with Crippen molar-refractivity contribution in [1.82, 2.24) is 15.0 Å². The lowest BCUT2D eigenvalue weighted by molar-refractivity contribution is 0.100. The van der Waals surface area contributed by atoms with Crippen LogP contribution >= 0.6 is 0 Å². The van der Waals surface area contributed by atoms with Crippen LogP contribution in [0.3, 0.4) is 0 Å². The predicted octanol–water partition coefficient (Wildman–Crippen LogP) is 3.46. The Morgan fingerprint density at radius 3 is 2.58 bits per heavy atom. The number of hydrogen-bond acceptors (Lipinski definition) is 2. The van der Waals surface area contributed by atoms with Gasteiger partial charge in [-0.25, -0.2) is 9.37 Å². The number of carbonyl (C=O) groups is 1. The van der Waals surface area contributed by atoms with Crippen molar-refractivity contribution in [1.29, 1.82) is 0 Å². The van der Waals surface area contributed by atoms with Crippen molar-refractivity contribution < 1.29 is 9.18 Å². The smallest absolute Gasteiger partial charge is 0.251 e. The third-order valence-corrected chi connectivity index (χ3v) is 3.89. The van der Waals surface area contributed by atoms with Gasteiger partial charge in [-0.15, -0.1) is 0 Å². The highest BCUT2D eigenvalue weighted by atomic mass is 19.1. The molecule has 0 fully saturated rings. The molecule has 0 aliphatic rings. The molecule has 6 heteroatoms. The maximum atomic E-state index is 13.7. The van der Waals surface area contributed by atoms with Gasteiger partial charge in [-0.3, -0.25) is 4.79 Å². The maximum Gasteiger partial charge on any atom is 0.251 e. The molecule has 5 nitrogen and oxygen atoms in total. The fourth-order valence-electron chi connectivity index (χ4n) is 2.82. The van der Waals surface area contributed by atoms with Gasteiger partial charge < -0.3 is 15.7 Å². The van der Waals surface area contributed by atoms with Gasteiger partial charge in [-0.2, -0.15) is 0 Å². The normalized spacial score (nSPS) is 11.0. The second-order valence-electron chi connectivity index (χ2n) is 5.43. The SMILES string of the molecule is NC(=O)c1cc(F)cc2[nH]c(-c3ccccc3-c3ccc[nH]3)nc12. The van der Waals surface area contributed by atoms with Crippen LogP contribution in [-0.2, 0) is 0 Å². The summed E-state index contributed by atoms with van der Waals surface area (Å²) >= 11 is 0. The summed E-state index contributed by atoms with van der Waals surface area (Å²) in [6, 6.07) is 14.0. The quantitative estimate of drug-likeness (QED) is 0.540. The largest absolute Gasteiger partial charge is 0.366 e. The van der Waals surface area contributed by atoms with E-state index in [1.54, 1.807) is 0 Å². The van der Waals surface area contributed by atoms with Gasteiger partial charge >= 0.3 is 0 Å². The van der Waals surface area contributed by atoms with Crippen LogP contribution in [0.15, 0.2) is 54.7 Å². The number of aromatic nitrogens is 3. The van der Waals surface area contributed by atoms with Gasteiger partial charge in [0.05, 0.1) is 11.1 Å². The van der Waals surface area contributed by atoms with E-state index in [0.29, 0.717) is 16.9 Å². The van der Waals surface area contributed by atoms with Crippen LogP contribution in [0.5, 0.6) is 0 Å². The number of amides is 1. The summed E-state index contributed by atoms with van der Waals surface area (Å²) in [5, 5.41) is 0. The Hall–Kier alpha value is -3.41. The summed E-state index contributed by atoms with van der Waals surface area (Å²) in [6.07, 6.45) is 1.84. The van der Waals surface area contributed by atoms with E-state index in [9.17, 15) is 9.18 Å². The lowest BCUT2D eigenvalue weighted by Crippen LogP contribution is -2.11. The molecule has 0 aliphatic heterocycles. The number of fused-ring (bicyclic) bond motifs is 1. The van der Waals surface area contributed by atoms with E-state index in [4.69, 9.17) is 5.73 Å². The van der Waals surface area contributed by atoms with E-state index in [-0.39, 0.29) is 5.56 Å². The molecule has 4 aromatic rings. The summed E-state index contributed by atoms with van der Waals surface area (Å²) in [5.74, 6) is -0.706. The lowest BCUT2D eigenvalue weighted by Gasteiger charge is -2.05. The van der Waals surface area contributed by atoms with Crippen molar-refractivity contribution in [3.05, 3.63) is 66.1 Å². The summed E-state index contributed by atoms with van der Waals surface area (Å²) in [7, 11) is 0. The minimum Gasteiger partial charge on any atom is -0.366 e. The molecule has 0 bridgehead atoms. The molecule has 0 saturated heterocycles. The third kappa shape index (κ3) is 2.25. The lowest BCUT2D eigenvalue weighted by atomic mass is 10.0. The molecule has 0 unspecified atom stereocenters. The molecule has 118 valence electrons. The summed E-state index contributed by atoms with van der Waals surface area (Å²) < 4.78 is 13.7.